The van der Waals surface area contributed by atoms with E-state index in [2.05, 4.69) is 23.0 Å². The number of unbranched alkanes of at least 4 members (excludes halogenated alkanes) is 1. The molecule has 0 aliphatic carbocycles. The van der Waals surface area contributed by atoms with Gasteiger partial charge >= 0.3 is 6.09 Å². The summed E-state index contributed by atoms with van der Waals surface area (Å²) in [5.74, 6) is 0.285. The number of hydrogen-bond acceptors (Lipinski definition) is 5. The van der Waals surface area contributed by atoms with Crippen LogP contribution < -0.4 is 16.1 Å². The van der Waals surface area contributed by atoms with Gasteiger partial charge in [-0.1, -0.05) is 55.4 Å². The number of allylic oxidation sites excluding steroid dienone is 1. The van der Waals surface area contributed by atoms with Crippen LogP contribution in [-0.4, -0.2) is 17.8 Å². The third kappa shape index (κ3) is 5.86. The fourth-order valence-corrected chi connectivity index (χ4v) is 2.78. The van der Waals surface area contributed by atoms with Crippen LogP contribution in [0.5, 0.6) is 0 Å². The molecule has 1 aliphatic rings. The molecule has 0 radical (unpaired) electrons. The predicted molar refractivity (Wildman–Crippen MR) is 90.1 cm³/mol. The van der Waals surface area contributed by atoms with Crippen LogP contribution in [0.4, 0.5) is 4.79 Å². The maximum absolute atomic E-state index is 11.7. The fourth-order valence-electron chi connectivity index (χ4n) is 2.01. The molecule has 0 spiro atoms. The van der Waals surface area contributed by atoms with Crippen LogP contribution in [0.2, 0.25) is 0 Å². The Morgan fingerprint density at radius 2 is 2.13 bits per heavy atom. The Morgan fingerprint density at radius 1 is 1.35 bits per heavy atom. The number of thioether (sulfide) groups is 1. The van der Waals surface area contributed by atoms with Crippen LogP contribution in [-0.2, 0) is 16.2 Å². The van der Waals surface area contributed by atoms with Gasteiger partial charge in [-0.05, 0) is 18.4 Å². The van der Waals surface area contributed by atoms with Gasteiger partial charge in [0.05, 0.1) is 11.4 Å². The average molecular weight is 335 g/mol. The molecule has 0 atom stereocenters. The van der Waals surface area contributed by atoms with Crippen molar-refractivity contribution in [1.29, 1.82) is 0 Å². The second-order valence-electron chi connectivity index (χ2n) is 5.08. The number of hydrogen-bond donors (Lipinski definition) is 3. The minimum atomic E-state index is -0.561. The first-order valence-corrected chi connectivity index (χ1v) is 8.58. The first-order chi connectivity index (χ1) is 11.2. The van der Waals surface area contributed by atoms with Crippen molar-refractivity contribution in [2.75, 3.05) is 5.75 Å². The number of hydroxylamine groups is 1. The van der Waals surface area contributed by atoms with E-state index in [1.54, 1.807) is 0 Å². The maximum atomic E-state index is 11.7. The normalized spacial score (nSPS) is 14.2. The molecule has 0 saturated carbocycles. The Kier molecular flexibility index (Phi) is 6.80. The summed E-state index contributed by atoms with van der Waals surface area (Å²) >= 11 is 1.34. The smallest absolute Gasteiger partial charge is 0.326 e. The zero-order valence-corrected chi connectivity index (χ0v) is 13.9. The van der Waals surface area contributed by atoms with E-state index in [4.69, 9.17) is 4.84 Å². The largest absolute Gasteiger partial charge is 0.431 e. The first kappa shape index (κ1) is 17.2. The average Bonchev–Trinajstić information content (AvgIpc) is 2.58. The molecule has 124 valence electrons. The van der Waals surface area contributed by atoms with Crippen LogP contribution in [0.3, 0.4) is 0 Å². The topological polar surface area (TPSA) is 79.5 Å². The molecule has 0 fully saturated rings. The van der Waals surface area contributed by atoms with Crippen molar-refractivity contribution in [2.24, 2.45) is 0 Å². The van der Waals surface area contributed by atoms with E-state index in [1.807, 2.05) is 30.3 Å². The minimum absolute atomic E-state index is 0.0276. The van der Waals surface area contributed by atoms with Gasteiger partial charge < -0.3 is 15.5 Å². The molecule has 1 aromatic rings. The zero-order chi connectivity index (χ0) is 16.5. The summed E-state index contributed by atoms with van der Waals surface area (Å²) in [5.41, 5.74) is 4.43. The molecule has 7 heteroatoms. The van der Waals surface area contributed by atoms with E-state index >= 15 is 0 Å². The van der Waals surface area contributed by atoms with Gasteiger partial charge in [-0.2, -0.15) is 0 Å². The summed E-state index contributed by atoms with van der Waals surface area (Å²) in [6.45, 7) is 2.48. The summed E-state index contributed by atoms with van der Waals surface area (Å²) in [6, 6.07) is 9.58. The Morgan fingerprint density at radius 3 is 2.87 bits per heavy atom. The highest BCUT2D eigenvalue weighted by molar-refractivity contribution is 8.03. The highest BCUT2D eigenvalue weighted by Gasteiger charge is 2.19. The lowest BCUT2D eigenvalue weighted by Crippen LogP contribution is -2.35. The van der Waals surface area contributed by atoms with Crippen molar-refractivity contribution in [2.45, 2.75) is 32.7 Å². The number of amides is 2. The minimum Gasteiger partial charge on any atom is -0.326 e. The zero-order valence-electron chi connectivity index (χ0n) is 13.1. The molecule has 23 heavy (non-hydrogen) atoms. The maximum Gasteiger partial charge on any atom is 0.431 e. The molecule has 1 heterocycles. The Balaban J connectivity index is 1.82. The van der Waals surface area contributed by atoms with Crippen LogP contribution in [0.1, 0.15) is 31.7 Å². The van der Waals surface area contributed by atoms with E-state index in [0.29, 0.717) is 17.3 Å². The number of carbonyl (C=O) groups excluding carboxylic acids is 2. The lowest BCUT2D eigenvalue weighted by Gasteiger charge is -2.21. The van der Waals surface area contributed by atoms with Crippen molar-refractivity contribution in [3.05, 3.63) is 46.6 Å². The van der Waals surface area contributed by atoms with E-state index in [9.17, 15) is 9.59 Å². The highest BCUT2D eigenvalue weighted by Crippen LogP contribution is 2.23. The predicted octanol–water partition coefficient (Wildman–Crippen LogP) is 2.64. The van der Waals surface area contributed by atoms with Gasteiger partial charge in [0.2, 0.25) is 5.91 Å². The van der Waals surface area contributed by atoms with Crippen molar-refractivity contribution < 1.29 is 14.4 Å². The Hall–Kier alpha value is -2.15. The lowest BCUT2D eigenvalue weighted by atomic mass is 10.2. The van der Waals surface area contributed by atoms with Crippen LogP contribution >= 0.6 is 11.8 Å². The number of benzene rings is 1. The molecule has 0 unspecified atom stereocenters. The van der Waals surface area contributed by atoms with Crippen LogP contribution in [0.15, 0.2) is 41.1 Å². The summed E-state index contributed by atoms with van der Waals surface area (Å²) in [6.07, 6.45) is 2.16. The molecule has 0 aromatic heterocycles. The van der Waals surface area contributed by atoms with Crippen molar-refractivity contribution in [3.63, 3.8) is 0 Å². The molecule has 6 nitrogen and oxygen atoms in total. The van der Waals surface area contributed by atoms with Crippen LogP contribution in [0.25, 0.3) is 0 Å². The molecule has 2 rings (SSSR count). The Bertz CT molecular complexity index is 575. The highest BCUT2D eigenvalue weighted by atomic mass is 32.2. The fraction of sp³-hybridized carbons (Fsp3) is 0.375. The van der Waals surface area contributed by atoms with Gasteiger partial charge in [0.15, 0.2) is 0 Å². The first-order valence-electron chi connectivity index (χ1n) is 7.59. The summed E-state index contributed by atoms with van der Waals surface area (Å²) in [7, 11) is 0. The Labute approximate surface area is 140 Å². The second kappa shape index (κ2) is 9.09. The van der Waals surface area contributed by atoms with Crippen molar-refractivity contribution >= 4 is 23.8 Å². The molecule has 0 bridgehead atoms. The van der Waals surface area contributed by atoms with E-state index in [-0.39, 0.29) is 5.91 Å². The third-order valence-corrected chi connectivity index (χ3v) is 4.23. The monoisotopic (exact) mass is 335 g/mol. The molecular weight excluding hydrogens is 314 g/mol. The molecule has 1 aliphatic heterocycles. The molecular formula is C16H21N3O3S. The summed E-state index contributed by atoms with van der Waals surface area (Å²) in [4.78, 5) is 28.2. The van der Waals surface area contributed by atoms with Gasteiger partial charge in [-0.15, -0.1) is 0 Å². The van der Waals surface area contributed by atoms with Gasteiger partial charge in [-0.25, -0.2) is 10.3 Å². The number of rotatable bonds is 7. The van der Waals surface area contributed by atoms with Gasteiger partial charge in [0.1, 0.15) is 5.03 Å². The van der Waals surface area contributed by atoms with Crippen molar-refractivity contribution in [3.8, 4) is 0 Å². The standard InChI is InChI=1S/C16H21N3O3S/c1-2-3-9-13-15(23-11-14(20)18-13)19-22-16(21)17-10-12-7-5-4-6-8-12/h4-8,19H,2-3,9-11H2,1H3,(H,17,21)(H,18,20). The molecule has 1 aromatic carbocycles. The molecule has 3 N–H and O–H groups in total. The van der Waals surface area contributed by atoms with Crippen molar-refractivity contribution in [1.82, 2.24) is 16.1 Å². The molecule has 0 saturated heterocycles. The quantitative estimate of drug-likeness (QED) is 0.668. The van der Waals surface area contributed by atoms with Gasteiger partial charge in [0, 0.05) is 6.54 Å². The molecule has 2 amide bonds. The van der Waals surface area contributed by atoms with E-state index in [0.717, 1.165) is 30.5 Å². The van der Waals surface area contributed by atoms with E-state index < -0.39 is 6.09 Å². The second-order valence-corrected chi connectivity index (χ2v) is 6.06. The SMILES string of the molecule is CCCCC1=C(NOC(=O)NCc2ccccc2)SCC(=O)N1. The number of carbonyl (C=O) groups is 2. The third-order valence-electron chi connectivity index (χ3n) is 3.21. The van der Waals surface area contributed by atoms with Gasteiger partial charge in [0.25, 0.3) is 0 Å². The number of nitrogens with one attached hydrogen (secondary N) is 3. The van der Waals surface area contributed by atoms with Gasteiger partial charge in [-0.3, -0.25) is 4.79 Å². The summed E-state index contributed by atoms with van der Waals surface area (Å²) < 4.78 is 0. The lowest BCUT2D eigenvalue weighted by molar-refractivity contribution is -0.118. The summed E-state index contributed by atoms with van der Waals surface area (Å²) in [5, 5.41) is 6.18. The van der Waals surface area contributed by atoms with E-state index in [1.165, 1.54) is 11.8 Å². The van der Waals surface area contributed by atoms with Crippen LogP contribution in [0, 0.1) is 0 Å².